The van der Waals surface area contributed by atoms with E-state index in [9.17, 15) is 4.79 Å². The quantitative estimate of drug-likeness (QED) is 0.742. The molecule has 2 nitrogen and oxygen atoms in total. The first-order chi connectivity index (χ1) is 9.93. The van der Waals surface area contributed by atoms with E-state index >= 15 is 0 Å². The maximum Gasteiger partial charge on any atom is 0.171 e. The minimum atomic E-state index is 0.0811. The van der Waals surface area contributed by atoms with Gasteiger partial charge in [-0.15, -0.1) is 0 Å². The fourth-order valence-corrected chi connectivity index (χ4v) is 2.97. The van der Waals surface area contributed by atoms with Gasteiger partial charge in [0.15, 0.2) is 5.78 Å². The van der Waals surface area contributed by atoms with Crippen molar-refractivity contribution in [3.05, 3.63) is 62.6 Å². The largest absolute Gasteiger partial charge is 0.496 e. The number of rotatable bonds is 4. The molecule has 0 amide bonds. The fraction of sp³-hybridized carbons (Fsp3) is 0.278. The summed E-state index contributed by atoms with van der Waals surface area (Å²) in [7, 11) is 1.61. The highest BCUT2D eigenvalue weighted by Gasteiger charge is 2.19. The van der Waals surface area contributed by atoms with Crippen LogP contribution < -0.4 is 4.74 Å². The van der Waals surface area contributed by atoms with Crippen LogP contribution in [0.2, 0.25) is 0 Å². The Morgan fingerprint density at radius 1 is 1.14 bits per heavy atom. The number of ether oxygens (including phenoxy) is 1. The zero-order valence-corrected chi connectivity index (χ0v) is 14.4. The monoisotopic (exact) mass is 346 g/mol. The van der Waals surface area contributed by atoms with Crippen LogP contribution in [0.1, 0.15) is 32.6 Å². The lowest BCUT2D eigenvalue weighted by atomic mass is 9.96. The van der Waals surface area contributed by atoms with Crippen molar-refractivity contribution in [2.24, 2.45) is 0 Å². The van der Waals surface area contributed by atoms with E-state index in [1.54, 1.807) is 7.11 Å². The van der Waals surface area contributed by atoms with Gasteiger partial charge >= 0.3 is 0 Å². The Morgan fingerprint density at radius 2 is 1.76 bits per heavy atom. The SMILES string of the molecule is COc1c(C)cc(Br)c(C)c1C(=O)Cc1ccc(C)cc1. The molecule has 0 aromatic heterocycles. The Morgan fingerprint density at radius 3 is 2.33 bits per heavy atom. The van der Waals surface area contributed by atoms with Gasteiger partial charge in [-0.2, -0.15) is 0 Å². The van der Waals surface area contributed by atoms with Crippen LogP contribution in [-0.4, -0.2) is 12.9 Å². The molecule has 0 atom stereocenters. The van der Waals surface area contributed by atoms with Crippen LogP contribution in [0.4, 0.5) is 0 Å². The third-order valence-corrected chi connectivity index (χ3v) is 4.45. The van der Waals surface area contributed by atoms with Crippen LogP contribution in [-0.2, 0) is 6.42 Å². The van der Waals surface area contributed by atoms with Gasteiger partial charge in [0, 0.05) is 10.9 Å². The summed E-state index contributed by atoms with van der Waals surface area (Å²) in [5, 5.41) is 0. The Kier molecular flexibility index (Phi) is 4.84. The first-order valence-electron chi connectivity index (χ1n) is 6.86. The minimum Gasteiger partial charge on any atom is -0.496 e. The third kappa shape index (κ3) is 3.35. The van der Waals surface area contributed by atoms with E-state index in [0.29, 0.717) is 17.7 Å². The second kappa shape index (κ2) is 6.44. The van der Waals surface area contributed by atoms with Crippen LogP contribution in [0, 0.1) is 20.8 Å². The number of aryl methyl sites for hydroxylation is 2. The average molecular weight is 347 g/mol. The van der Waals surface area contributed by atoms with Crippen LogP contribution in [0.3, 0.4) is 0 Å². The normalized spacial score (nSPS) is 10.5. The molecule has 0 aliphatic rings. The summed E-state index contributed by atoms with van der Waals surface area (Å²) in [6.45, 7) is 5.93. The van der Waals surface area contributed by atoms with Crippen LogP contribution >= 0.6 is 15.9 Å². The second-order valence-electron chi connectivity index (χ2n) is 5.29. The molecule has 0 N–H and O–H groups in total. The van der Waals surface area contributed by atoms with Crippen LogP contribution in [0.25, 0.3) is 0 Å². The van der Waals surface area contributed by atoms with Gasteiger partial charge in [-0.3, -0.25) is 4.79 Å². The van der Waals surface area contributed by atoms with E-state index in [4.69, 9.17) is 4.74 Å². The predicted octanol–water partition coefficient (Wildman–Crippen LogP) is 4.81. The van der Waals surface area contributed by atoms with E-state index < -0.39 is 0 Å². The highest BCUT2D eigenvalue weighted by atomic mass is 79.9. The van der Waals surface area contributed by atoms with E-state index in [2.05, 4.69) is 15.9 Å². The Hall–Kier alpha value is -1.61. The molecule has 21 heavy (non-hydrogen) atoms. The van der Waals surface area contributed by atoms with E-state index in [-0.39, 0.29) is 5.78 Å². The molecule has 0 unspecified atom stereocenters. The smallest absolute Gasteiger partial charge is 0.171 e. The molecule has 0 saturated heterocycles. The molecule has 110 valence electrons. The molecule has 2 aromatic rings. The molecule has 0 bridgehead atoms. The molecule has 0 aliphatic carbocycles. The number of carbonyl (C=O) groups excluding carboxylic acids is 1. The first kappa shape index (κ1) is 15.8. The number of hydrogen-bond donors (Lipinski definition) is 0. The van der Waals surface area contributed by atoms with Crippen molar-refractivity contribution in [1.82, 2.24) is 0 Å². The summed E-state index contributed by atoms with van der Waals surface area (Å²) in [5.74, 6) is 0.755. The van der Waals surface area contributed by atoms with Crippen LogP contribution in [0.15, 0.2) is 34.8 Å². The van der Waals surface area contributed by atoms with Crippen molar-refractivity contribution in [1.29, 1.82) is 0 Å². The second-order valence-corrected chi connectivity index (χ2v) is 6.15. The lowest BCUT2D eigenvalue weighted by Gasteiger charge is -2.15. The molecule has 0 spiro atoms. The number of halogens is 1. The van der Waals surface area contributed by atoms with Crippen molar-refractivity contribution >= 4 is 21.7 Å². The summed E-state index contributed by atoms with van der Waals surface area (Å²) < 4.78 is 6.39. The molecule has 2 rings (SSSR count). The first-order valence-corrected chi connectivity index (χ1v) is 7.65. The third-order valence-electron chi connectivity index (χ3n) is 3.63. The minimum absolute atomic E-state index is 0.0811. The molecule has 0 saturated carbocycles. The highest BCUT2D eigenvalue weighted by Crippen LogP contribution is 2.33. The van der Waals surface area contributed by atoms with Crippen molar-refractivity contribution in [2.45, 2.75) is 27.2 Å². The molecule has 2 aromatic carbocycles. The summed E-state index contributed by atoms with van der Waals surface area (Å²) >= 11 is 3.52. The van der Waals surface area contributed by atoms with Crippen molar-refractivity contribution in [2.75, 3.05) is 7.11 Å². The number of methoxy groups -OCH3 is 1. The number of ketones is 1. The van der Waals surface area contributed by atoms with Gasteiger partial charge in [-0.05, 0) is 43.5 Å². The summed E-state index contributed by atoms with van der Waals surface area (Å²) in [6.07, 6.45) is 0.382. The number of hydrogen-bond acceptors (Lipinski definition) is 2. The Bertz CT molecular complexity index is 673. The molecular formula is C18H19BrO2. The van der Waals surface area contributed by atoms with Gasteiger partial charge in [0.1, 0.15) is 5.75 Å². The average Bonchev–Trinajstić information content (AvgIpc) is 2.44. The number of benzene rings is 2. The molecule has 0 radical (unpaired) electrons. The Labute approximate surface area is 134 Å². The standard InChI is InChI=1S/C18H19BrO2/c1-11-5-7-14(8-6-11)10-16(20)17-13(3)15(19)9-12(2)18(17)21-4/h5-9H,10H2,1-4H3. The van der Waals surface area contributed by atoms with Crippen LogP contribution in [0.5, 0.6) is 5.75 Å². The summed E-state index contributed by atoms with van der Waals surface area (Å²) in [6, 6.07) is 10.0. The lowest BCUT2D eigenvalue weighted by Crippen LogP contribution is -2.09. The predicted molar refractivity (Wildman–Crippen MR) is 89.4 cm³/mol. The van der Waals surface area contributed by atoms with E-state index in [1.807, 2.05) is 51.1 Å². The molecular weight excluding hydrogens is 328 g/mol. The van der Waals surface area contributed by atoms with Crippen molar-refractivity contribution in [3.63, 3.8) is 0 Å². The van der Waals surface area contributed by atoms with Gasteiger partial charge < -0.3 is 4.74 Å². The van der Waals surface area contributed by atoms with Gasteiger partial charge in [-0.1, -0.05) is 45.8 Å². The highest BCUT2D eigenvalue weighted by molar-refractivity contribution is 9.10. The Balaban J connectivity index is 2.41. The molecule has 0 fully saturated rings. The number of Topliss-reactive ketones (excluding diaryl/α,β-unsaturated/α-hetero) is 1. The van der Waals surface area contributed by atoms with E-state index in [0.717, 1.165) is 21.2 Å². The maximum absolute atomic E-state index is 12.7. The van der Waals surface area contributed by atoms with Crippen molar-refractivity contribution in [3.8, 4) is 5.75 Å². The molecule has 0 aliphatic heterocycles. The zero-order chi connectivity index (χ0) is 15.6. The fourth-order valence-electron chi connectivity index (χ4n) is 2.43. The summed E-state index contributed by atoms with van der Waals surface area (Å²) in [4.78, 5) is 12.7. The molecule has 0 heterocycles. The topological polar surface area (TPSA) is 26.3 Å². The lowest BCUT2D eigenvalue weighted by molar-refractivity contribution is 0.0989. The maximum atomic E-state index is 12.7. The molecule has 3 heteroatoms. The van der Waals surface area contributed by atoms with Gasteiger partial charge in [0.05, 0.1) is 12.7 Å². The van der Waals surface area contributed by atoms with Crippen molar-refractivity contribution < 1.29 is 9.53 Å². The van der Waals surface area contributed by atoms with E-state index in [1.165, 1.54) is 5.56 Å². The van der Waals surface area contributed by atoms with Gasteiger partial charge in [-0.25, -0.2) is 0 Å². The number of carbonyl (C=O) groups is 1. The van der Waals surface area contributed by atoms with Gasteiger partial charge in [0.2, 0.25) is 0 Å². The zero-order valence-electron chi connectivity index (χ0n) is 12.8. The van der Waals surface area contributed by atoms with Gasteiger partial charge in [0.25, 0.3) is 0 Å². The summed E-state index contributed by atoms with van der Waals surface area (Å²) in [5.41, 5.74) is 4.77.